The van der Waals surface area contributed by atoms with Crippen LogP contribution in [0.15, 0.2) is 47.2 Å². The molecule has 27 heavy (non-hydrogen) atoms. The third-order valence-electron chi connectivity index (χ3n) is 7.70. The largest absolute Gasteiger partial charge is 0.374 e. The van der Waals surface area contributed by atoms with Gasteiger partial charge in [-0.2, -0.15) is 0 Å². The molecule has 0 bridgehead atoms. The first-order chi connectivity index (χ1) is 13.0. The summed E-state index contributed by atoms with van der Waals surface area (Å²) >= 11 is 0. The van der Waals surface area contributed by atoms with Gasteiger partial charge in [-0.05, 0) is 48.4 Å². The molecule has 5 atom stereocenters. The van der Waals surface area contributed by atoms with Gasteiger partial charge in [0.1, 0.15) is 12.0 Å². The maximum atomic E-state index is 11.2. The highest BCUT2D eigenvalue weighted by molar-refractivity contribution is 5.52. The van der Waals surface area contributed by atoms with E-state index in [0.29, 0.717) is 11.8 Å². The van der Waals surface area contributed by atoms with E-state index >= 15 is 0 Å². The number of hydrogen-bond acceptors (Lipinski definition) is 4. The van der Waals surface area contributed by atoms with E-state index in [9.17, 15) is 10.2 Å². The topological polar surface area (TPSA) is 55.7 Å². The van der Waals surface area contributed by atoms with Crippen molar-refractivity contribution >= 4 is 0 Å². The molecule has 1 heterocycles. The van der Waals surface area contributed by atoms with Crippen LogP contribution in [0.5, 0.6) is 0 Å². The lowest BCUT2D eigenvalue weighted by Gasteiger charge is -2.32. The predicted molar refractivity (Wildman–Crippen MR) is 106 cm³/mol. The summed E-state index contributed by atoms with van der Waals surface area (Å²) in [5, 5.41) is 25.4. The van der Waals surface area contributed by atoms with Crippen molar-refractivity contribution in [2.75, 3.05) is 6.54 Å². The molecule has 0 aromatic carbocycles. The highest BCUT2D eigenvalue weighted by Crippen LogP contribution is 2.53. The van der Waals surface area contributed by atoms with Gasteiger partial charge < -0.3 is 15.5 Å². The minimum absolute atomic E-state index is 0.203. The van der Waals surface area contributed by atoms with Crippen molar-refractivity contribution in [1.82, 2.24) is 10.2 Å². The van der Waals surface area contributed by atoms with E-state index in [-0.39, 0.29) is 12.0 Å². The number of aliphatic hydroxyl groups is 2. The first-order valence-corrected chi connectivity index (χ1v) is 10.8. The van der Waals surface area contributed by atoms with E-state index in [0.717, 1.165) is 30.2 Å². The molecule has 5 aliphatic rings. The third kappa shape index (κ3) is 2.76. The summed E-state index contributed by atoms with van der Waals surface area (Å²) in [7, 11) is 0. The Hall–Kier alpha value is -1.36. The first-order valence-electron chi connectivity index (χ1n) is 10.8. The molecule has 4 nitrogen and oxygen atoms in total. The molecule has 5 unspecified atom stereocenters. The maximum Gasteiger partial charge on any atom is 0.139 e. The Kier molecular flexibility index (Phi) is 4.15. The summed E-state index contributed by atoms with van der Waals surface area (Å²) < 4.78 is 0. The van der Waals surface area contributed by atoms with Crippen LogP contribution in [-0.2, 0) is 0 Å². The molecule has 1 saturated heterocycles. The number of rotatable bonds is 4. The summed E-state index contributed by atoms with van der Waals surface area (Å²) in [4.78, 5) is 2.15. The molecule has 0 aromatic heterocycles. The quantitative estimate of drug-likeness (QED) is 0.668. The van der Waals surface area contributed by atoms with Crippen molar-refractivity contribution < 1.29 is 10.2 Å². The van der Waals surface area contributed by atoms with Gasteiger partial charge in [-0.15, -0.1) is 0 Å². The Morgan fingerprint density at radius 2 is 2.00 bits per heavy atom. The Morgan fingerprint density at radius 1 is 1.22 bits per heavy atom. The zero-order valence-electron chi connectivity index (χ0n) is 16.4. The Labute approximate surface area is 162 Å². The lowest BCUT2D eigenvalue weighted by atomic mass is 9.79. The number of likely N-dealkylation sites (tertiary alicyclic amines) is 1. The molecule has 0 spiro atoms. The van der Waals surface area contributed by atoms with E-state index in [1.54, 1.807) is 0 Å². The van der Waals surface area contributed by atoms with Crippen molar-refractivity contribution in [2.24, 2.45) is 23.7 Å². The summed E-state index contributed by atoms with van der Waals surface area (Å²) in [6, 6.07) is 0.214. The number of hydrogen-bond donors (Lipinski definition) is 3. The van der Waals surface area contributed by atoms with E-state index in [4.69, 9.17) is 0 Å². The van der Waals surface area contributed by atoms with Crippen LogP contribution in [-0.4, -0.2) is 39.7 Å². The van der Waals surface area contributed by atoms with Gasteiger partial charge in [-0.3, -0.25) is 4.90 Å². The predicted octanol–water partition coefficient (Wildman–Crippen LogP) is 3.07. The lowest BCUT2D eigenvalue weighted by Crippen LogP contribution is -2.40. The molecule has 1 aliphatic heterocycles. The smallest absolute Gasteiger partial charge is 0.139 e. The van der Waals surface area contributed by atoms with Crippen LogP contribution >= 0.6 is 0 Å². The van der Waals surface area contributed by atoms with Gasteiger partial charge in [-0.25, -0.2) is 0 Å². The molecule has 3 fully saturated rings. The molecule has 0 aromatic rings. The van der Waals surface area contributed by atoms with Crippen LogP contribution in [0.25, 0.3) is 0 Å². The van der Waals surface area contributed by atoms with Gasteiger partial charge in [0.15, 0.2) is 0 Å². The van der Waals surface area contributed by atoms with Crippen LogP contribution < -0.4 is 5.32 Å². The molecular formula is C23H32N2O2. The molecule has 4 heteroatoms. The SMILES string of the molecule is CCN1C(O)C2=CC=CC3=C(NC4(O)CC4C4CCC(C)CC4)C=CC1C23. The second kappa shape index (κ2) is 6.33. The van der Waals surface area contributed by atoms with Gasteiger partial charge >= 0.3 is 0 Å². The van der Waals surface area contributed by atoms with Crippen molar-refractivity contribution in [3.05, 3.63) is 47.2 Å². The standard InChI is InChI=1S/C23H32N2O2/c1-3-25-20-12-11-19(16-5-4-6-17(21(16)20)22(25)26)24-23(27)13-18(23)15-9-7-14(2)8-10-15/h4-6,11-12,14-15,18,20-22,24,26-27H,3,7-10,13H2,1-2H3. The van der Waals surface area contributed by atoms with E-state index in [1.165, 1.54) is 31.3 Å². The Morgan fingerprint density at radius 3 is 2.74 bits per heavy atom. The van der Waals surface area contributed by atoms with Crippen molar-refractivity contribution in [3.8, 4) is 0 Å². The molecule has 2 saturated carbocycles. The fourth-order valence-electron chi connectivity index (χ4n) is 5.99. The normalized spacial score (nSPS) is 45.7. The maximum absolute atomic E-state index is 11.2. The van der Waals surface area contributed by atoms with Crippen LogP contribution in [0.1, 0.15) is 46.0 Å². The Bertz CT molecular complexity index is 743. The molecule has 5 rings (SSSR count). The third-order valence-corrected chi connectivity index (χ3v) is 7.70. The first kappa shape index (κ1) is 17.7. The molecule has 4 aliphatic carbocycles. The average molecular weight is 369 g/mol. The van der Waals surface area contributed by atoms with Gasteiger partial charge in [0, 0.05) is 30.0 Å². The molecule has 3 N–H and O–H groups in total. The highest BCUT2D eigenvalue weighted by atomic mass is 16.3. The number of allylic oxidation sites excluding steroid dienone is 4. The monoisotopic (exact) mass is 368 g/mol. The van der Waals surface area contributed by atoms with E-state index in [2.05, 4.69) is 48.4 Å². The fraction of sp³-hybridized carbons (Fsp3) is 0.652. The van der Waals surface area contributed by atoms with Crippen molar-refractivity contribution in [2.45, 2.75) is 63.9 Å². The minimum Gasteiger partial charge on any atom is -0.374 e. The van der Waals surface area contributed by atoms with Crippen LogP contribution in [0.4, 0.5) is 0 Å². The summed E-state index contributed by atoms with van der Waals surface area (Å²) in [6.07, 6.45) is 16.1. The minimum atomic E-state index is -0.748. The van der Waals surface area contributed by atoms with Crippen molar-refractivity contribution in [3.63, 3.8) is 0 Å². The number of nitrogens with zero attached hydrogens (tertiary/aromatic N) is 1. The fourth-order valence-corrected chi connectivity index (χ4v) is 5.99. The molecule has 146 valence electrons. The number of nitrogens with one attached hydrogen (secondary N) is 1. The number of likely N-dealkylation sites (N-methyl/N-ethyl adjacent to an activating group) is 1. The molecular weight excluding hydrogens is 336 g/mol. The van der Waals surface area contributed by atoms with E-state index in [1.807, 2.05) is 6.08 Å². The molecule has 0 amide bonds. The lowest BCUT2D eigenvalue weighted by molar-refractivity contribution is 0.0495. The molecule has 0 radical (unpaired) electrons. The Balaban J connectivity index is 1.36. The second-order valence-electron chi connectivity index (χ2n) is 9.31. The zero-order valence-corrected chi connectivity index (χ0v) is 16.4. The second-order valence-corrected chi connectivity index (χ2v) is 9.31. The van der Waals surface area contributed by atoms with Crippen LogP contribution in [0.2, 0.25) is 0 Å². The summed E-state index contributed by atoms with van der Waals surface area (Å²) in [5.41, 5.74) is 2.59. The van der Waals surface area contributed by atoms with Gasteiger partial charge in [-0.1, -0.05) is 51.0 Å². The summed E-state index contributed by atoms with van der Waals surface area (Å²) in [5.74, 6) is 2.09. The van der Waals surface area contributed by atoms with Crippen molar-refractivity contribution in [1.29, 1.82) is 0 Å². The van der Waals surface area contributed by atoms with E-state index < -0.39 is 12.0 Å². The zero-order chi connectivity index (χ0) is 18.8. The number of aliphatic hydroxyl groups excluding tert-OH is 1. The van der Waals surface area contributed by atoms with Gasteiger partial charge in [0.25, 0.3) is 0 Å². The van der Waals surface area contributed by atoms with Gasteiger partial charge in [0.2, 0.25) is 0 Å². The van der Waals surface area contributed by atoms with Crippen LogP contribution in [0.3, 0.4) is 0 Å². The summed E-state index contributed by atoms with van der Waals surface area (Å²) in [6.45, 7) is 5.27. The highest BCUT2D eigenvalue weighted by Gasteiger charge is 2.57. The van der Waals surface area contributed by atoms with Gasteiger partial charge in [0.05, 0.1) is 0 Å². The van der Waals surface area contributed by atoms with Crippen LogP contribution in [0, 0.1) is 23.7 Å². The average Bonchev–Trinajstić information content (AvgIpc) is 3.25.